The zero-order valence-electron chi connectivity index (χ0n) is 16.7. The van der Waals surface area contributed by atoms with Crippen LogP contribution in [0.15, 0.2) is 60.7 Å². The maximum absolute atomic E-state index is 13.4. The molecule has 1 heterocycles. The van der Waals surface area contributed by atoms with E-state index in [1.807, 2.05) is 0 Å². The number of para-hydroxylation sites is 1. The third kappa shape index (κ3) is 5.71. The predicted octanol–water partition coefficient (Wildman–Crippen LogP) is 4.35. The van der Waals surface area contributed by atoms with Crippen molar-refractivity contribution in [2.75, 3.05) is 11.9 Å². The van der Waals surface area contributed by atoms with Gasteiger partial charge in [0, 0.05) is 24.6 Å². The molecule has 0 bridgehead atoms. The molecule has 162 valence electrons. The molecular weight excluding hydrogens is 409 g/mol. The van der Waals surface area contributed by atoms with Crippen LogP contribution in [0.1, 0.15) is 34.5 Å². The molecule has 2 N–H and O–H groups in total. The Balaban J connectivity index is 1.61. The van der Waals surface area contributed by atoms with Gasteiger partial charge in [0.1, 0.15) is 5.82 Å². The van der Waals surface area contributed by atoms with Crippen molar-refractivity contribution in [1.82, 2.24) is 15.1 Å². The number of amides is 2. The molecule has 3 aromatic rings. The van der Waals surface area contributed by atoms with Crippen molar-refractivity contribution in [3.05, 3.63) is 77.5 Å². The molecule has 0 radical (unpaired) electrons. The van der Waals surface area contributed by atoms with Gasteiger partial charge in [0.2, 0.25) is 5.91 Å². The summed E-state index contributed by atoms with van der Waals surface area (Å²) < 4.78 is 41.2. The summed E-state index contributed by atoms with van der Waals surface area (Å²) in [7, 11) is 0. The summed E-state index contributed by atoms with van der Waals surface area (Å²) >= 11 is 0. The number of aryl methyl sites for hydroxylation is 1. The summed E-state index contributed by atoms with van der Waals surface area (Å²) in [4.78, 5) is 24.3. The summed E-state index contributed by atoms with van der Waals surface area (Å²) in [6, 6.07) is 15.2. The maximum Gasteiger partial charge on any atom is 0.418 e. The number of halogens is 3. The van der Waals surface area contributed by atoms with E-state index in [0.29, 0.717) is 17.7 Å². The van der Waals surface area contributed by atoms with Gasteiger partial charge in [-0.05, 0) is 37.6 Å². The summed E-state index contributed by atoms with van der Waals surface area (Å²) in [5.74, 6) is -0.481. The molecule has 0 aliphatic rings. The van der Waals surface area contributed by atoms with E-state index in [4.69, 9.17) is 0 Å². The van der Waals surface area contributed by atoms with Crippen LogP contribution in [-0.4, -0.2) is 28.1 Å². The average molecular weight is 430 g/mol. The van der Waals surface area contributed by atoms with E-state index in [0.717, 1.165) is 10.7 Å². The Kier molecular flexibility index (Phi) is 6.74. The molecule has 3 rings (SSSR count). The van der Waals surface area contributed by atoms with Gasteiger partial charge in [-0.2, -0.15) is 18.3 Å². The molecule has 0 spiro atoms. The molecule has 0 saturated heterocycles. The highest BCUT2D eigenvalue weighted by Crippen LogP contribution is 2.34. The predicted molar refractivity (Wildman–Crippen MR) is 110 cm³/mol. The van der Waals surface area contributed by atoms with Crippen LogP contribution in [0.4, 0.5) is 19.0 Å². The molecular formula is C22H21F3N4O2. The van der Waals surface area contributed by atoms with E-state index >= 15 is 0 Å². The molecule has 1 aromatic heterocycles. The zero-order valence-corrected chi connectivity index (χ0v) is 16.7. The Morgan fingerprint density at radius 1 is 1.03 bits per heavy atom. The lowest BCUT2D eigenvalue weighted by molar-refractivity contribution is -0.137. The van der Waals surface area contributed by atoms with Crippen LogP contribution in [0.25, 0.3) is 5.69 Å². The first kappa shape index (κ1) is 22.1. The molecule has 0 fully saturated rings. The van der Waals surface area contributed by atoms with Crippen LogP contribution in [0.3, 0.4) is 0 Å². The second-order valence-electron chi connectivity index (χ2n) is 6.87. The number of anilines is 1. The summed E-state index contributed by atoms with van der Waals surface area (Å²) in [5, 5.41) is 9.44. The highest BCUT2D eigenvalue weighted by molar-refractivity contribution is 5.94. The number of hydrogen-bond acceptors (Lipinski definition) is 3. The van der Waals surface area contributed by atoms with Crippen molar-refractivity contribution in [2.45, 2.75) is 25.9 Å². The number of aromatic nitrogens is 2. The minimum atomic E-state index is -4.56. The van der Waals surface area contributed by atoms with Crippen LogP contribution >= 0.6 is 0 Å². The number of benzene rings is 2. The van der Waals surface area contributed by atoms with Gasteiger partial charge in [0.15, 0.2) is 0 Å². The molecule has 31 heavy (non-hydrogen) atoms. The number of nitrogens with zero attached hydrogens (tertiary/aromatic N) is 2. The number of nitrogens with one attached hydrogen (secondary N) is 2. The fourth-order valence-electron chi connectivity index (χ4n) is 3.02. The van der Waals surface area contributed by atoms with E-state index in [9.17, 15) is 22.8 Å². The number of alkyl halides is 3. The van der Waals surface area contributed by atoms with Gasteiger partial charge < -0.3 is 10.6 Å². The Labute approximate surface area is 177 Å². The second-order valence-corrected chi connectivity index (χ2v) is 6.87. The smallest absolute Gasteiger partial charge is 0.352 e. The molecule has 2 amide bonds. The first-order valence-corrected chi connectivity index (χ1v) is 9.62. The number of hydrogen-bond donors (Lipinski definition) is 2. The quantitative estimate of drug-likeness (QED) is 0.548. The van der Waals surface area contributed by atoms with Gasteiger partial charge in [0.05, 0.1) is 16.9 Å². The minimum Gasteiger partial charge on any atom is -0.352 e. The third-order valence-electron chi connectivity index (χ3n) is 4.44. The van der Waals surface area contributed by atoms with Crippen molar-refractivity contribution in [1.29, 1.82) is 0 Å². The summed E-state index contributed by atoms with van der Waals surface area (Å²) in [6.45, 7) is 1.91. The van der Waals surface area contributed by atoms with E-state index < -0.39 is 11.7 Å². The molecule has 6 nitrogen and oxygen atoms in total. The molecule has 0 aliphatic carbocycles. The lowest BCUT2D eigenvalue weighted by Gasteiger charge is -2.15. The average Bonchev–Trinajstić information content (AvgIpc) is 3.10. The maximum atomic E-state index is 13.4. The van der Waals surface area contributed by atoms with Crippen molar-refractivity contribution >= 4 is 17.6 Å². The lowest BCUT2D eigenvalue weighted by atomic mass is 10.1. The van der Waals surface area contributed by atoms with Crippen molar-refractivity contribution < 1.29 is 22.8 Å². The Morgan fingerprint density at radius 3 is 2.42 bits per heavy atom. The Bertz CT molecular complexity index is 1060. The van der Waals surface area contributed by atoms with Gasteiger partial charge in [-0.1, -0.05) is 30.3 Å². The van der Waals surface area contributed by atoms with E-state index in [-0.39, 0.29) is 36.3 Å². The number of rotatable bonds is 7. The third-order valence-corrected chi connectivity index (χ3v) is 4.44. The highest BCUT2D eigenvalue weighted by atomic mass is 19.4. The fraction of sp³-hybridized carbons (Fsp3) is 0.227. The monoisotopic (exact) mass is 430 g/mol. The second kappa shape index (κ2) is 9.46. The van der Waals surface area contributed by atoms with E-state index in [1.54, 1.807) is 37.3 Å². The van der Waals surface area contributed by atoms with Gasteiger partial charge in [-0.3, -0.25) is 9.59 Å². The molecule has 2 aromatic carbocycles. The van der Waals surface area contributed by atoms with Gasteiger partial charge in [0.25, 0.3) is 5.91 Å². The van der Waals surface area contributed by atoms with Gasteiger partial charge >= 0.3 is 6.18 Å². The Morgan fingerprint density at radius 2 is 1.71 bits per heavy atom. The highest BCUT2D eigenvalue weighted by Gasteiger charge is 2.34. The lowest BCUT2D eigenvalue weighted by Crippen LogP contribution is -2.25. The normalized spacial score (nSPS) is 11.2. The first-order chi connectivity index (χ1) is 14.8. The Hall–Kier alpha value is -3.62. The minimum absolute atomic E-state index is 0.0835. The SMILES string of the molecule is Cc1cc(NC(=O)CCCNC(=O)c2ccccc2)n(-c2ccccc2C(F)(F)F)n1. The summed E-state index contributed by atoms with van der Waals surface area (Å²) in [5.41, 5.74) is -0.0391. The molecule has 0 aliphatic heterocycles. The zero-order chi connectivity index (χ0) is 22.4. The van der Waals surface area contributed by atoms with Crippen LogP contribution in [0.2, 0.25) is 0 Å². The van der Waals surface area contributed by atoms with Gasteiger partial charge in [-0.15, -0.1) is 0 Å². The van der Waals surface area contributed by atoms with Crippen LogP contribution < -0.4 is 10.6 Å². The van der Waals surface area contributed by atoms with Crippen LogP contribution in [0, 0.1) is 6.92 Å². The van der Waals surface area contributed by atoms with E-state index in [2.05, 4.69) is 15.7 Å². The standard InChI is InChI=1S/C22H21F3N4O2/c1-15-14-19(29(28-15)18-11-6-5-10-17(18)22(23,24)25)27-20(30)12-7-13-26-21(31)16-8-3-2-4-9-16/h2-6,8-11,14H,7,12-13H2,1H3,(H,26,31)(H,27,30). The largest absolute Gasteiger partial charge is 0.418 e. The first-order valence-electron chi connectivity index (χ1n) is 9.62. The van der Waals surface area contributed by atoms with Crippen molar-refractivity contribution in [3.63, 3.8) is 0 Å². The van der Waals surface area contributed by atoms with Crippen molar-refractivity contribution in [2.24, 2.45) is 0 Å². The fourth-order valence-corrected chi connectivity index (χ4v) is 3.02. The number of carbonyl (C=O) groups is 2. The summed E-state index contributed by atoms with van der Waals surface area (Å²) in [6.07, 6.45) is -4.11. The molecule has 0 atom stereocenters. The molecule has 0 saturated carbocycles. The van der Waals surface area contributed by atoms with E-state index in [1.165, 1.54) is 24.3 Å². The number of carbonyl (C=O) groups excluding carboxylic acids is 2. The van der Waals surface area contributed by atoms with Crippen LogP contribution in [-0.2, 0) is 11.0 Å². The van der Waals surface area contributed by atoms with Gasteiger partial charge in [-0.25, -0.2) is 4.68 Å². The van der Waals surface area contributed by atoms with Crippen molar-refractivity contribution in [3.8, 4) is 5.69 Å². The molecule has 0 unspecified atom stereocenters. The van der Waals surface area contributed by atoms with Crippen LogP contribution in [0.5, 0.6) is 0 Å². The molecule has 9 heteroatoms. The topological polar surface area (TPSA) is 76.0 Å².